The van der Waals surface area contributed by atoms with Crippen LogP contribution >= 0.6 is 0 Å². The molecular weight excluding hydrogens is 316 g/mol. The Morgan fingerprint density at radius 2 is 1.83 bits per heavy atom. The molecule has 1 amide bonds. The van der Waals surface area contributed by atoms with Crippen molar-refractivity contribution < 1.29 is 17.9 Å². The molecule has 2 saturated heterocycles. The van der Waals surface area contributed by atoms with Gasteiger partial charge in [-0.15, -0.1) is 0 Å². The van der Waals surface area contributed by atoms with Gasteiger partial charge in [0.25, 0.3) is 5.91 Å². The van der Waals surface area contributed by atoms with E-state index < -0.39 is 9.84 Å². The molecule has 2 aliphatic heterocycles. The highest BCUT2D eigenvalue weighted by Crippen LogP contribution is 2.19. The molecule has 1 unspecified atom stereocenters. The van der Waals surface area contributed by atoms with Gasteiger partial charge in [-0.05, 0) is 18.6 Å². The first-order chi connectivity index (χ1) is 11.0. The zero-order chi connectivity index (χ0) is 16.3. The summed E-state index contributed by atoms with van der Waals surface area (Å²) in [5, 5.41) is 0. The minimum atomic E-state index is -2.86. The zero-order valence-corrected chi connectivity index (χ0v) is 13.9. The molecule has 0 N–H and O–H groups in total. The summed E-state index contributed by atoms with van der Waals surface area (Å²) in [7, 11) is -2.86. The smallest absolute Gasteiger partial charge is 0.260 e. The fourth-order valence-electron chi connectivity index (χ4n) is 3.15. The lowest BCUT2D eigenvalue weighted by molar-refractivity contribution is -0.135. The van der Waals surface area contributed by atoms with Crippen molar-refractivity contribution in [2.75, 3.05) is 44.3 Å². The van der Waals surface area contributed by atoms with Crippen molar-refractivity contribution in [1.29, 1.82) is 0 Å². The van der Waals surface area contributed by atoms with Crippen LogP contribution in [0.2, 0.25) is 0 Å². The van der Waals surface area contributed by atoms with Crippen LogP contribution in [-0.4, -0.2) is 74.5 Å². The summed E-state index contributed by atoms with van der Waals surface area (Å²) in [5.74, 6) is 1.22. The van der Waals surface area contributed by atoms with Crippen LogP contribution < -0.4 is 4.74 Å². The fourth-order valence-corrected chi connectivity index (χ4v) is 4.91. The van der Waals surface area contributed by atoms with Crippen molar-refractivity contribution >= 4 is 15.7 Å². The number of piperazine rings is 1. The summed E-state index contributed by atoms with van der Waals surface area (Å²) in [5.41, 5.74) is 0. The van der Waals surface area contributed by atoms with Crippen molar-refractivity contribution in [3.63, 3.8) is 0 Å². The molecule has 0 radical (unpaired) electrons. The van der Waals surface area contributed by atoms with Crippen molar-refractivity contribution in [2.45, 2.75) is 12.5 Å². The Morgan fingerprint density at radius 1 is 1.13 bits per heavy atom. The molecule has 6 nitrogen and oxygen atoms in total. The van der Waals surface area contributed by atoms with E-state index >= 15 is 0 Å². The summed E-state index contributed by atoms with van der Waals surface area (Å²) >= 11 is 0. The van der Waals surface area contributed by atoms with E-state index in [-0.39, 0.29) is 24.3 Å². The molecule has 0 aliphatic carbocycles. The number of ether oxygens (including phenoxy) is 1. The van der Waals surface area contributed by atoms with E-state index in [2.05, 4.69) is 4.90 Å². The predicted molar refractivity (Wildman–Crippen MR) is 87.1 cm³/mol. The second-order valence-corrected chi connectivity index (χ2v) is 8.30. The Hall–Kier alpha value is -1.60. The molecule has 0 aromatic heterocycles. The molecule has 1 aromatic rings. The van der Waals surface area contributed by atoms with Gasteiger partial charge in [-0.1, -0.05) is 18.2 Å². The molecule has 7 heteroatoms. The average Bonchev–Trinajstić information content (AvgIpc) is 2.94. The van der Waals surface area contributed by atoms with Gasteiger partial charge in [0.2, 0.25) is 0 Å². The first-order valence-electron chi connectivity index (χ1n) is 7.94. The van der Waals surface area contributed by atoms with Crippen molar-refractivity contribution in [2.24, 2.45) is 0 Å². The standard InChI is InChI=1S/C16H22N2O4S/c19-16(12-22-15-4-2-1-3-5-15)18-9-7-17(8-10-18)14-6-11-23(20,21)13-14/h1-5,14H,6-13H2. The largest absolute Gasteiger partial charge is 0.484 e. The number of rotatable bonds is 4. The van der Waals surface area contributed by atoms with E-state index in [0.29, 0.717) is 31.0 Å². The fraction of sp³-hybridized carbons (Fsp3) is 0.562. The van der Waals surface area contributed by atoms with Gasteiger partial charge in [-0.25, -0.2) is 8.42 Å². The number of para-hydroxylation sites is 1. The lowest BCUT2D eigenvalue weighted by Gasteiger charge is -2.37. The van der Waals surface area contributed by atoms with Gasteiger partial charge < -0.3 is 9.64 Å². The van der Waals surface area contributed by atoms with E-state index in [1.165, 1.54) is 0 Å². The number of carbonyl (C=O) groups excluding carboxylic acids is 1. The van der Waals surface area contributed by atoms with Crippen LogP contribution in [0, 0.1) is 0 Å². The van der Waals surface area contributed by atoms with Crippen LogP contribution in [0.3, 0.4) is 0 Å². The lowest BCUT2D eigenvalue weighted by Crippen LogP contribution is -2.53. The SMILES string of the molecule is O=C(COc1ccccc1)N1CCN(C2CCS(=O)(=O)C2)CC1. The summed E-state index contributed by atoms with van der Waals surface area (Å²) in [6.07, 6.45) is 0.716. The first-order valence-corrected chi connectivity index (χ1v) is 9.76. The molecule has 0 bridgehead atoms. The molecule has 2 aliphatic rings. The molecule has 0 saturated carbocycles. The number of nitrogens with zero attached hydrogens (tertiary/aromatic N) is 2. The van der Waals surface area contributed by atoms with Gasteiger partial charge in [0.05, 0.1) is 11.5 Å². The maximum atomic E-state index is 12.2. The highest BCUT2D eigenvalue weighted by molar-refractivity contribution is 7.91. The van der Waals surface area contributed by atoms with E-state index in [1.54, 1.807) is 4.90 Å². The van der Waals surface area contributed by atoms with Crippen molar-refractivity contribution in [3.8, 4) is 5.75 Å². The molecule has 2 heterocycles. The number of benzene rings is 1. The van der Waals surface area contributed by atoms with Crippen LogP contribution in [0.4, 0.5) is 0 Å². The van der Waals surface area contributed by atoms with E-state index in [0.717, 1.165) is 13.1 Å². The summed E-state index contributed by atoms with van der Waals surface area (Å²) in [6.45, 7) is 2.78. The third-order valence-electron chi connectivity index (χ3n) is 4.50. The minimum absolute atomic E-state index is 0.0208. The zero-order valence-electron chi connectivity index (χ0n) is 13.1. The van der Waals surface area contributed by atoms with Gasteiger partial charge in [-0.2, -0.15) is 0 Å². The molecule has 1 aromatic carbocycles. The number of sulfone groups is 1. The molecule has 23 heavy (non-hydrogen) atoms. The highest BCUT2D eigenvalue weighted by atomic mass is 32.2. The van der Waals surface area contributed by atoms with E-state index in [9.17, 15) is 13.2 Å². The third-order valence-corrected chi connectivity index (χ3v) is 6.25. The maximum absolute atomic E-state index is 12.2. The number of hydrogen-bond donors (Lipinski definition) is 0. The summed E-state index contributed by atoms with van der Waals surface area (Å²) in [6, 6.07) is 9.41. The average molecular weight is 338 g/mol. The molecule has 1 atom stereocenters. The third kappa shape index (κ3) is 4.23. The quantitative estimate of drug-likeness (QED) is 0.795. The van der Waals surface area contributed by atoms with Gasteiger partial charge in [0.1, 0.15) is 5.75 Å². The lowest BCUT2D eigenvalue weighted by atomic mass is 10.2. The maximum Gasteiger partial charge on any atom is 0.260 e. The van der Waals surface area contributed by atoms with Crippen LogP contribution in [0.25, 0.3) is 0 Å². The second-order valence-electron chi connectivity index (χ2n) is 6.08. The molecule has 3 rings (SSSR count). The van der Waals surface area contributed by atoms with Crippen LogP contribution in [0.15, 0.2) is 30.3 Å². The number of hydrogen-bond acceptors (Lipinski definition) is 5. The molecule has 126 valence electrons. The van der Waals surface area contributed by atoms with Crippen LogP contribution in [0.5, 0.6) is 5.75 Å². The van der Waals surface area contributed by atoms with Gasteiger partial charge in [-0.3, -0.25) is 9.69 Å². The summed E-state index contributed by atoms with van der Waals surface area (Å²) < 4.78 is 28.6. The Kier molecular flexibility index (Phi) is 4.87. The van der Waals surface area contributed by atoms with E-state index in [4.69, 9.17) is 4.74 Å². The Morgan fingerprint density at radius 3 is 2.43 bits per heavy atom. The van der Waals surface area contributed by atoms with Gasteiger partial charge in [0, 0.05) is 32.2 Å². The summed E-state index contributed by atoms with van der Waals surface area (Å²) in [4.78, 5) is 16.2. The number of amides is 1. The topological polar surface area (TPSA) is 66.9 Å². The first kappa shape index (κ1) is 16.3. The molecule has 2 fully saturated rings. The van der Waals surface area contributed by atoms with Crippen LogP contribution in [0.1, 0.15) is 6.42 Å². The van der Waals surface area contributed by atoms with Crippen LogP contribution in [-0.2, 0) is 14.6 Å². The van der Waals surface area contributed by atoms with Gasteiger partial charge >= 0.3 is 0 Å². The Labute approximate surface area is 136 Å². The molecular formula is C16H22N2O4S. The number of carbonyl (C=O) groups is 1. The Bertz CT molecular complexity index is 639. The van der Waals surface area contributed by atoms with E-state index in [1.807, 2.05) is 30.3 Å². The highest BCUT2D eigenvalue weighted by Gasteiger charge is 2.34. The second kappa shape index (κ2) is 6.88. The normalized spacial score (nSPS) is 24.5. The molecule has 0 spiro atoms. The minimum Gasteiger partial charge on any atom is -0.484 e. The van der Waals surface area contributed by atoms with Crippen molar-refractivity contribution in [3.05, 3.63) is 30.3 Å². The Balaban J connectivity index is 1.44. The predicted octanol–water partition coefficient (Wildman–Crippen LogP) is 0.397. The van der Waals surface area contributed by atoms with Crippen molar-refractivity contribution in [1.82, 2.24) is 9.80 Å². The monoisotopic (exact) mass is 338 g/mol. The van der Waals surface area contributed by atoms with Gasteiger partial charge in [0.15, 0.2) is 16.4 Å².